The van der Waals surface area contributed by atoms with Gasteiger partial charge in [-0.15, -0.1) is 0 Å². The van der Waals surface area contributed by atoms with E-state index in [-0.39, 0.29) is 11.2 Å². The topological polar surface area (TPSA) is 64.7 Å². The third-order valence-corrected chi connectivity index (χ3v) is 2.92. The molecule has 0 aliphatic rings. The van der Waals surface area contributed by atoms with Crippen molar-refractivity contribution in [2.75, 3.05) is 5.73 Å². The summed E-state index contributed by atoms with van der Waals surface area (Å²) in [6.07, 6.45) is 0. The fraction of sp³-hybridized carbons (Fsp3) is 0. The van der Waals surface area contributed by atoms with E-state index in [1.165, 1.54) is 11.8 Å². The van der Waals surface area contributed by atoms with Crippen molar-refractivity contribution >= 4 is 40.9 Å². The summed E-state index contributed by atoms with van der Waals surface area (Å²) in [5.74, 6) is 0.108. The summed E-state index contributed by atoms with van der Waals surface area (Å²) in [6.45, 7) is 0. The van der Waals surface area contributed by atoms with Crippen LogP contribution in [0.4, 0.5) is 5.95 Å². The fourth-order valence-electron chi connectivity index (χ4n) is 1.00. The molecule has 0 amide bonds. The van der Waals surface area contributed by atoms with Crippen LogP contribution in [0.25, 0.3) is 0 Å². The predicted octanol–water partition coefficient (Wildman–Crippen LogP) is 2.91. The van der Waals surface area contributed by atoms with Crippen LogP contribution >= 0.6 is 35.0 Å². The monoisotopic (exact) mass is 272 g/mol. The minimum absolute atomic E-state index is 0.0870. The van der Waals surface area contributed by atoms with Gasteiger partial charge in [-0.25, -0.2) is 0 Å². The second-order valence-corrected chi connectivity index (χ2v) is 4.62. The minimum atomic E-state index is 0.0870. The Morgan fingerprint density at radius 2 is 1.69 bits per heavy atom. The Labute approximate surface area is 106 Å². The fourth-order valence-corrected chi connectivity index (χ4v) is 2.10. The molecule has 82 valence electrons. The molecule has 1 heterocycles. The second-order valence-electron chi connectivity index (χ2n) is 2.80. The van der Waals surface area contributed by atoms with Crippen LogP contribution in [0.5, 0.6) is 0 Å². The zero-order chi connectivity index (χ0) is 11.5. The Morgan fingerprint density at radius 1 is 1.00 bits per heavy atom. The molecule has 0 unspecified atom stereocenters. The average molecular weight is 273 g/mol. The number of aromatic nitrogens is 3. The number of halogens is 2. The van der Waals surface area contributed by atoms with E-state index in [4.69, 9.17) is 28.9 Å². The molecule has 0 bridgehead atoms. The Balaban J connectivity index is 2.23. The van der Waals surface area contributed by atoms with Gasteiger partial charge in [0.1, 0.15) is 0 Å². The average Bonchev–Trinajstić information content (AvgIpc) is 2.20. The van der Waals surface area contributed by atoms with E-state index in [0.29, 0.717) is 10.2 Å². The molecule has 0 radical (unpaired) electrons. The number of nitrogen functional groups attached to an aromatic ring is 1. The first-order valence-electron chi connectivity index (χ1n) is 4.24. The SMILES string of the molecule is Nc1nc(Cl)nc(Sc2ccc(Cl)cc2)n1. The third kappa shape index (κ3) is 2.98. The van der Waals surface area contributed by atoms with Crippen LogP contribution in [-0.4, -0.2) is 15.0 Å². The van der Waals surface area contributed by atoms with Gasteiger partial charge in [0.05, 0.1) is 0 Å². The molecule has 16 heavy (non-hydrogen) atoms. The highest BCUT2D eigenvalue weighted by Crippen LogP contribution is 2.26. The first kappa shape index (κ1) is 11.4. The van der Waals surface area contributed by atoms with Crippen LogP contribution < -0.4 is 5.73 Å². The normalized spacial score (nSPS) is 10.4. The van der Waals surface area contributed by atoms with E-state index < -0.39 is 0 Å². The molecule has 1 aromatic carbocycles. The molecule has 0 saturated heterocycles. The van der Waals surface area contributed by atoms with Crippen molar-refractivity contribution in [2.24, 2.45) is 0 Å². The van der Waals surface area contributed by atoms with Crippen molar-refractivity contribution in [3.05, 3.63) is 34.6 Å². The molecule has 0 fully saturated rings. The van der Waals surface area contributed by atoms with Gasteiger partial charge in [0.2, 0.25) is 11.2 Å². The van der Waals surface area contributed by atoms with Crippen LogP contribution in [0.2, 0.25) is 10.3 Å². The zero-order valence-electron chi connectivity index (χ0n) is 7.89. The zero-order valence-corrected chi connectivity index (χ0v) is 10.2. The van der Waals surface area contributed by atoms with Gasteiger partial charge >= 0.3 is 0 Å². The highest BCUT2D eigenvalue weighted by molar-refractivity contribution is 7.99. The van der Waals surface area contributed by atoms with Crippen LogP contribution in [0.3, 0.4) is 0 Å². The van der Waals surface area contributed by atoms with E-state index in [1.807, 2.05) is 12.1 Å². The lowest BCUT2D eigenvalue weighted by molar-refractivity contribution is 0.917. The molecule has 7 heteroatoms. The van der Waals surface area contributed by atoms with Crippen LogP contribution in [0.15, 0.2) is 34.3 Å². The van der Waals surface area contributed by atoms with E-state index in [9.17, 15) is 0 Å². The molecular formula is C9H6Cl2N4S. The molecule has 2 aromatic rings. The summed E-state index contributed by atoms with van der Waals surface area (Å²) in [5, 5.41) is 1.22. The second kappa shape index (κ2) is 4.86. The lowest BCUT2D eigenvalue weighted by Crippen LogP contribution is -1.98. The maximum Gasteiger partial charge on any atom is 0.228 e. The molecule has 2 rings (SSSR count). The molecule has 0 atom stereocenters. The Kier molecular flexibility index (Phi) is 3.48. The van der Waals surface area contributed by atoms with Crippen LogP contribution in [0, 0.1) is 0 Å². The van der Waals surface area contributed by atoms with Gasteiger partial charge in [-0.3, -0.25) is 0 Å². The summed E-state index contributed by atoms with van der Waals surface area (Å²) in [6, 6.07) is 7.30. The predicted molar refractivity (Wildman–Crippen MR) is 64.8 cm³/mol. The molecule has 4 nitrogen and oxygen atoms in total. The molecule has 2 N–H and O–H groups in total. The van der Waals surface area contributed by atoms with Gasteiger partial charge in [-0.2, -0.15) is 15.0 Å². The summed E-state index contributed by atoms with van der Waals surface area (Å²) in [5.41, 5.74) is 5.46. The Morgan fingerprint density at radius 3 is 2.31 bits per heavy atom. The van der Waals surface area contributed by atoms with E-state index in [2.05, 4.69) is 15.0 Å². The van der Waals surface area contributed by atoms with Gasteiger partial charge in [0.15, 0.2) is 5.16 Å². The summed E-state index contributed by atoms with van der Waals surface area (Å²) in [7, 11) is 0. The Hall–Kier alpha value is -1.04. The first-order valence-corrected chi connectivity index (χ1v) is 5.81. The number of anilines is 1. The van der Waals surface area contributed by atoms with E-state index in [1.54, 1.807) is 12.1 Å². The smallest absolute Gasteiger partial charge is 0.228 e. The Bertz CT molecular complexity index is 483. The minimum Gasteiger partial charge on any atom is -0.368 e. The lowest BCUT2D eigenvalue weighted by Gasteiger charge is -2.01. The summed E-state index contributed by atoms with van der Waals surface area (Å²) in [4.78, 5) is 12.5. The van der Waals surface area contributed by atoms with Crippen molar-refractivity contribution in [2.45, 2.75) is 10.1 Å². The lowest BCUT2D eigenvalue weighted by atomic mass is 10.4. The number of nitrogens with two attached hydrogens (primary N) is 1. The van der Waals surface area contributed by atoms with Gasteiger partial charge in [0, 0.05) is 9.92 Å². The molecule has 0 aliphatic carbocycles. The number of hydrogen-bond acceptors (Lipinski definition) is 5. The van der Waals surface area contributed by atoms with Crippen molar-refractivity contribution in [3.8, 4) is 0 Å². The first-order chi connectivity index (χ1) is 7.63. The maximum absolute atomic E-state index is 5.77. The number of benzene rings is 1. The van der Waals surface area contributed by atoms with Crippen LogP contribution in [-0.2, 0) is 0 Å². The van der Waals surface area contributed by atoms with Crippen molar-refractivity contribution in [1.82, 2.24) is 15.0 Å². The molecule has 0 spiro atoms. The number of hydrogen-bond donors (Lipinski definition) is 1. The quantitative estimate of drug-likeness (QED) is 0.911. The van der Waals surface area contributed by atoms with Crippen molar-refractivity contribution in [3.63, 3.8) is 0 Å². The summed E-state index contributed by atoms with van der Waals surface area (Å²) >= 11 is 12.8. The molecular weight excluding hydrogens is 267 g/mol. The molecule has 0 aliphatic heterocycles. The maximum atomic E-state index is 5.77. The standard InChI is InChI=1S/C9H6Cl2N4S/c10-5-1-3-6(4-2-5)16-9-14-7(11)13-8(12)15-9/h1-4H,(H2,12,13,14,15). The van der Waals surface area contributed by atoms with Gasteiger partial charge in [-0.05, 0) is 47.6 Å². The number of rotatable bonds is 2. The van der Waals surface area contributed by atoms with Crippen molar-refractivity contribution in [1.29, 1.82) is 0 Å². The molecule has 0 saturated carbocycles. The third-order valence-electron chi connectivity index (χ3n) is 1.63. The van der Waals surface area contributed by atoms with E-state index >= 15 is 0 Å². The van der Waals surface area contributed by atoms with Crippen LogP contribution in [0.1, 0.15) is 0 Å². The van der Waals surface area contributed by atoms with Gasteiger partial charge in [0.25, 0.3) is 0 Å². The highest BCUT2D eigenvalue weighted by Gasteiger charge is 2.04. The van der Waals surface area contributed by atoms with Crippen molar-refractivity contribution < 1.29 is 0 Å². The largest absolute Gasteiger partial charge is 0.368 e. The highest BCUT2D eigenvalue weighted by atomic mass is 35.5. The summed E-state index contributed by atoms with van der Waals surface area (Å²) < 4.78 is 0. The van der Waals surface area contributed by atoms with Gasteiger partial charge < -0.3 is 5.73 Å². The van der Waals surface area contributed by atoms with E-state index in [0.717, 1.165) is 4.90 Å². The number of nitrogens with zero attached hydrogens (tertiary/aromatic N) is 3. The van der Waals surface area contributed by atoms with Gasteiger partial charge in [-0.1, -0.05) is 11.6 Å². The molecule has 1 aromatic heterocycles.